The summed E-state index contributed by atoms with van der Waals surface area (Å²) in [4.78, 5) is 2.44. The summed E-state index contributed by atoms with van der Waals surface area (Å²) in [5.74, 6) is 1.90. The van der Waals surface area contributed by atoms with Gasteiger partial charge >= 0.3 is 0 Å². The monoisotopic (exact) mass is 262 g/mol. The van der Waals surface area contributed by atoms with Crippen LogP contribution in [0.15, 0.2) is 24.3 Å². The van der Waals surface area contributed by atoms with Gasteiger partial charge in [0.25, 0.3) is 0 Å². The number of nitrogens with one attached hydrogen (secondary N) is 1. The summed E-state index contributed by atoms with van der Waals surface area (Å²) in [6.45, 7) is 5.02. The Morgan fingerprint density at radius 1 is 1.32 bits per heavy atom. The summed E-state index contributed by atoms with van der Waals surface area (Å²) in [7, 11) is 4.25. The molecule has 1 aromatic rings. The van der Waals surface area contributed by atoms with Crippen LogP contribution in [0.3, 0.4) is 0 Å². The van der Waals surface area contributed by atoms with Gasteiger partial charge in [0, 0.05) is 19.1 Å². The van der Waals surface area contributed by atoms with E-state index in [0.717, 1.165) is 24.8 Å². The van der Waals surface area contributed by atoms with Gasteiger partial charge in [-0.15, -0.1) is 0 Å². The van der Waals surface area contributed by atoms with E-state index in [9.17, 15) is 0 Å². The number of hydrogen-bond acceptors (Lipinski definition) is 3. The molecule has 106 valence electrons. The number of ether oxygens (including phenoxy) is 1. The molecule has 0 aliphatic heterocycles. The van der Waals surface area contributed by atoms with Crippen LogP contribution in [0.25, 0.3) is 0 Å². The highest BCUT2D eigenvalue weighted by atomic mass is 16.5. The molecule has 0 saturated heterocycles. The first-order valence-corrected chi connectivity index (χ1v) is 7.31. The molecule has 3 heteroatoms. The molecule has 1 atom stereocenters. The summed E-state index contributed by atoms with van der Waals surface area (Å²) in [5.41, 5.74) is 1.33. The Balaban J connectivity index is 1.91. The number of benzene rings is 1. The van der Waals surface area contributed by atoms with Gasteiger partial charge in [0.05, 0.1) is 6.61 Å². The van der Waals surface area contributed by atoms with Crippen LogP contribution in [0.2, 0.25) is 0 Å². The van der Waals surface area contributed by atoms with Gasteiger partial charge in [0.2, 0.25) is 0 Å². The zero-order valence-corrected chi connectivity index (χ0v) is 12.4. The van der Waals surface area contributed by atoms with Gasteiger partial charge in [0.1, 0.15) is 5.75 Å². The average molecular weight is 262 g/mol. The van der Waals surface area contributed by atoms with Crippen LogP contribution in [0.4, 0.5) is 0 Å². The second-order valence-electron chi connectivity index (χ2n) is 5.51. The van der Waals surface area contributed by atoms with Crippen molar-refractivity contribution in [3.05, 3.63) is 29.8 Å². The standard InChI is InChI=1S/C16H26N2O/c1-4-19-15-9-7-14(8-10-15)16(17-2)12-18(3)11-13-5-6-13/h7-10,13,16-17H,4-6,11-12H2,1-3H3. The van der Waals surface area contributed by atoms with Crippen molar-refractivity contribution in [3.63, 3.8) is 0 Å². The van der Waals surface area contributed by atoms with Gasteiger partial charge in [-0.1, -0.05) is 12.1 Å². The maximum Gasteiger partial charge on any atom is 0.119 e. The highest BCUT2D eigenvalue weighted by Gasteiger charge is 2.23. The molecule has 3 nitrogen and oxygen atoms in total. The van der Waals surface area contributed by atoms with Crippen LogP contribution in [-0.2, 0) is 0 Å². The van der Waals surface area contributed by atoms with Gasteiger partial charge in [-0.2, -0.15) is 0 Å². The van der Waals surface area contributed by atoms with Crippen molar-refractivity contribution >= 4 is 0 Å². The van der Waals surface area contributed by atoms with Gasteiger partial charge < -0.3 is 15.0 Å². The summed E-state index contributed by atoms with van der Waals surface area (Å²) in [5, 5.41) is 3.41. The largest absolute Gasteiger partial charge is 0.494 e. The highest BCUT2D eigenvalue weighted by Crippen LogP contribution is 2.29. The molecule has 0 heterocycles. The molecule has 0 aromatic heterocycles. The average Bonchev–Trinajstić information content (AvgIpc) is 3.21. The fourth-order valence-electron chi connectivity index (χ4n) is 2.45. The summed E-state index contributed by atoms with van der Waals surface area (Å²) in [6.07, 6.45) is 2.83. The number of nitrogens with zero attached hydrogens (tertiary/aromatic N) is 1. The van der Waals surface area contributed by atoms with Gasteiger partial charge in [0.15, 0.2) is 0 Å². The van der Waals surface area contributed by atoms with E-state index in [1.807, 2.05) is 14.0 Å². The van der Waals surface area contributed by atoms with E-state index in [-0.39, 0.29) is 0 Å². The summed E-state index contributed by atoms with van der Waals surface area (Å²) < 4.78 is 5.49. The molecule has 0 radical (unpaired) electrons. The zero-order valence-electron chi connectivity index (χ0n) is 12.4. The zero-order chi connectivity index (χ0) is 13.7. The molecule has 2 rings (SSSR count). The SMILES string of the molecule is CCOc1ccc(C(CN(C)CC2CC2)NC)cc1. The Morgan fingerprint density at radius 2 is 2.00 bits per heavy atom. The first-order valence-electron chi connectivity index (χ1n) is 7.31. The smallest absolute Gasteiger partial charge is 0.119 e. The molecule has 1 unspecified atom stereocenters. The molecule has 0 amide bonds. The van der Waals surface area contributed by atoms with Crippen LogP contribution >= 0.6 is 0 Å². The third-order valence-electron chi connectivity index (χ3n) is 3.70. The molecule has 1 N–H and O–H groups in total. The number of hydrogen-bond donors (Lipinski definition) is 1. The Morgan fingerprint density at radius 3 is 2.53 bits per heavy atom. The van der Waals surface area contributed by atoms with Crippen LogP contribution < -0.4 is 10.1 Å². The van der Waals surface area contributed by atoms with Gasteiger partial charge in [-0.05, 0) is 57.5 Å². The van der Waals surface area contributed by atoms with Crippen molar-refractivity contribution in [1.82, 2.24) is 10.2 Å². The van der Waals surface area contributed by atoms with Crippen molar-refractivity contribution in [2.45, 2.75) is 25.8 Å². The van der Waals surface area contributed by atoms with Crippen molar-refractivity contribution in [2.75, 3.05) is 33.8 Å². The van der Waals surface area contributed by atoms with E-state index in [1.54, 1.807) is 0 Å². The molecular weight excluding hydrogens is 236 g/mol. The molecule has 19 heavy (non-hydrogen) atoms. The molecule has 1 aromatic carbocycles. The normalized spacial score (nSPS) is 16.6. The van der Waals surface area contributed by atoms with Gasteiger partial charge in [-0.3, -0.25) is 0 Å². The maximum absolute atomic E-state index is 5.49. The van der Waals surface area contributed by atoms with E-state index in [1.165, 1.54) is 24.9 Å². The Kier molecular flexibility index (Phi) is 5.23. The predicted octanol–water partition coefficient (Wildman–Crippen LogP) is 2.69. The Labute approximate surface area is 116 Å². The number of rotatable bonds is 8. The summed E-state index contributed by atoms with van der Waals surface area (Å²) >= 11 is 0. The minimum Gasteiger partial charge on any atom is -0.494 e. The van der Waals surface area contributed by atoms with Crippen LogP contribution in [0.1, 0.15) is 31.4 Å². The minimum atomic E-state index is 0.388. The molecule has 1 aliphatic rings. The van der Waals surface area contributed by atoms with E-state index in [0.29, 0.717) is 6.04 Å². The second-order valence-corrected chi connectivity index (χ2v) is 5.51. The quantitative estimate of drug-likeness (QED) is 0.779. The van der Waals surface area contributed by atoms with Gasteiger partial charge in [-0.25, -0.2) is 0 Å². The van der Waals surface area contributed by atoms with E-state index < -0.39 is 0 Å². The van der Waals surface area contributed by atoms with Crippen LogP contribution in [0, 0.1) is 5.92 Å². The molecular formula is C16H26N2O. The topological polar surface area (TPSA) is 24.5 Å². The van der Waals surface area contributed by atoms with E-state index in [2.05, 4.69) is 41.5 Å². The Bertz CT molecular complexity index is 373. The lowest BCUT2D eigenvalue weighted by molar-refractivity contribution is 0.286. The van der Waals surface area contributed by atoms with Crippen molar-refractivity contribution in [1.29, 1.82) is 0 Å². The predicted molar refractivity (Wildman–Crippen MR) is 79.6 cm³/mol. The molecule has 1 aliphatic carbocycles. The first kappa shape index (κ1) is 14.4. The number of likely N-dealkylation sites (N-methyl/N-ethyl adjacent to an activating group) is 2. The van der Waals surface area contributed by atoms with Crippen LogP contribution in [-0.4, -0.2) is 38.7 Å². The third kappa shape index (κ3) is 4.51. The van der Waals surface area contributed by atoms with E-state index >= 15 is 0 Å². The molecule has 1 saturated carbocycles. The second kappa shape index (κ2) is 6.92. The van der Waals surface area contributed by atoms with E-state index in [4.69, 9.17) is 4.74 Å². The fraction of sp³-hybridized carbons (Fsp3) is 0.625. The fourth-order valence-corrected chi connectivity index (χ4v) is 2.45. The maximum atomic E-state index is 5.49. The summed E-state index contributed by atoms with van der Waals surface area (Å²) in [6, 6.07) is 8.84. The lowest BCUT2D eigenvalue weighted by Gasteiger charge is -2.24. The lowest BCUT2D eigenvalue weighted by Crippen LogP contribution is -2.32. The van der Waals surface area contributed by atoms with Crippen LogP contribution in [0.5, 0.6) is 5.75 Å². The lowest BCUT2D eigenvalue weighted by atomic mass is 10.1. The van der Waals surface area contributed by atoms with Crippen molar-refractivity contribution in [2.24, 2.45) is 5.92 Å². The highest BCUT2D eigenvalue weighted by molar-refractivity contribution is 5.29. The first-order chi connectivity index (χ1) is 9.22. The van der Waals surface area contributed by atoms with Crippen molar-refractivity contribution < 1.29 is 4.74 Å². The Hall–Kier alpha value is -1.06. The third-order valence-corrected chi connectivity index (χ3v) is 3.70. The molecule has 1 fully saturated rings. The molecule has 0 spiro atoms. The minimum absolute atomic E-state index is 0.388. The molecule has 0 bridgehead atoms. The van der Waals surface area contributed by atoms with Crippen molar-refractivity contribution in [3.8, 4) is 5.75 Å².